The first-order valence-electron chi connectivity index (χ1n) is 11.9. The van der Waals surface area contributed by atoms with Crippen molar-refractivity contribution in [3.05, 3.63) is 53.2 Å². The molecule has 0 saturated carbocycles. The first kappa shape index (κ1) is 26.4. The topological polar surface area (TPSA) is 134 Å². The number of aryl methyl sites for hydroxylation is 2. The number of halogens is 1. The molecule has 0 radical (unpaired) electrons. The van der Waals surface area contributed by atoms with Crippen LogP contribution in [0.4, 0.5) is 16.0 Å². The van der Waals surface area contributed by atoms with E-state index in [2.05, 4.69) is 24.6 Å². The second-order valence-corrected chi connectivity index (χ2v) is 10.9. The highest BCUT2D eigenvalue weighted by Crippen LogP contribution is 2.36. The maximum atomic E-state index is 15.3. The molecule has 1 aromatic carbocycles. The lowest BCUT2D eigenvalue weighted by Crippen LogP contribution is -2.47. The zero-order valence-corrected chi connectivity index (χ0v) is 22.1. The molecule has 3 N–H and O–H groups in total. The monoisotopic (exact) mass is 527 g/mol. The molecule has 3 aromatic rings. The van der Waals surface area contributed by atoms with Gasteiger partial charge in [0.2, 0.25) is 16.0 Å². The minimum atomic E-state index is -3.54. The number of nitrogen functional groups attached to an aromatic ring is 1. The van der Waals surface area contributed by atoms with E-state index in [0.717, 1.165) is 19.3 Å². The highest BCUT2D eigenvalue weighted by Gasteiger charge is 2.24. The third-order valence-corrected chi connectivity index (χ3v) is 6.86. The van der Waals surface area contributed by atoms with Gasteiger partial charge in [-0.15, -0.1) is 0 Å². The Morgan fingerprint density at radius 2 is 1.84 bits per heavy atom. The Morgan fingerprint density at radius 3 is 2.46 bits per heavy atom. The standard InChI is InChI=1S/C25H30FN7O3S/c1-5-20-22(17-13-21(15(2)28-14-17)31-37(4,35)36)23(30-25(27)29-20)16-6-7-18(19(26)12-16)24(34)33-10-8-32(3)9-11-33/h6-7,12-14,31H,5,8-11H2,1-4H3,(H2,27,29,30). The average Bonchev–Trinajstić information content (AvgIpc) is 2.84. The Hall–Kier alpha value is -3.64. The van der Waals surface area contributed by atoms with Gasteiger partial charge in [0.15, 0.2) is 0 Å². The summed E-state index contributed by atoms with van der Waals surface area (Å²) in [6.45, 7) is 6.11. The first-order valence-corrected chi connectivity index (χ1v) is 13.7. The minimum Gasteiger partial charge on any atom is -0.368 e. The van der Waals surface area contributed by atoms with Crippen LogP contribution >= 0.6 is 0 Å². The second-order valence-electron chi connectivity index (χ2n) is 9.13. The van der Waals surface area contributed by atoms with Crippen LogP contribution in [0.1, 0.15) is 28.7 Å². The third kappa shape index (κ3) is 5.86. The van der Waals surface area contributed by atoms with E-state index >= 15 is 4.39 Å². The Kier molecular flexibility index (Phi) is 7.42. The zero-order valence-electron chi connectivity index (χ0n) is 21.2. The largest absolute Gasteiger partial charge is 0.368 e. The van der Waals surface area contributed by atoms with Gasteiger partial charge >= 0.3 is 0 Å². The second kappa shape index (κ2) is 10.4. The number of nitrogens with zero attached hydrogens (tertiary/aromatic N) is 5. The average molecular weight is 528 g/mol. The number of benzene rings is 1. The van der Waals surface area contributed by atoms with Crippen LogP contribution in [0, 0.1) is 12.7 Å². The lowest BCUT2D eigenvalue weighted by atomic mass is 9.96. The van der Waals surface area contributed by atoms with E-state index in [9.17, 15) is 13.2 Å². The summed E-state index contributed by atoms with van der Waals surface area (Å²) in [7, 11) is -1.56. The maximum Gasteiger partial charge on any atom is 0.256 e. The number of hydrogen-bond donors (Lipinski definition) is 2. The molecule has 1 aliphatic heterocycles. The number of carbonyl (C=O) groups excluding carboxylic acids is 1. The van der Waals surface area contributed by atoms with Crippen LogP contribution in [0.2, 0.25) is 0 Å². The Balaban J connectivity index is 1.79. The molecule has 10 nitrogen and oxygen atoms in total. The normalized spacial score (nSPS) is 14.6. The van der Waals surface area contributed by atoms with Crippen molar-refractivity contribution in [2.24, 2.45) is 0 Å². The Bertz CT molecular complexity index is 1450. The highest BCUT2D eigenvalue weighted by molar-refractivity contribution is 7.92. The molecule has 12 heteroatoms. The molecule has 0 atom stereocenters. The van der Waals surface area contributed by atoms with Gasteiger partial charge in [0.25, 0.3) is 5.91 Å². The molecule has 2 aromatic heterocycles. The number of aromatic nitrogens is 3. The van der Waals surface area contributed by atoms with Gasteiger partial charge in [-0.3, -0.25) is 14.5 Å². The number of carbonyl (C=O) groups is 1. The molecule has 0 bridgehead atoms. The molecule has 196 valence electrons. The van der Waals surface area contributed by atoms with Gasteiger partial charge in [0, 0.05) is 49.1 Å². The fourth-order valence-electron chi connectivity index (χ4n) is 4.28. The van der Waals surface area contributed by atoms with Crippen molar-refractivity contribution in [1.82, 2.24) is 24.8 Å². The van der Waals surface area contributed by atoms with E-state index in [1.807, 2.05) is 14.0 Å². The molecule has 0 aliphatic carbocycles. The van der Waals surface area contributed by atoms with Crippen molar-refractivity contribution in [1.29, 1.82) is 0 Å². The fraction of sp³-hybridized carbons (Fsp3) is 0.360. The van der Waals surface area contributed by atoms with Crippen LogP contribution in [0.5, 0.6) is 0 Å². The summed E-state index contributed by atoms with van der Waals surface area (Å²) < 4.78 is 41.5. The molecular formula is C25H30FN7O3S. The molecule has 37 heavy (non-hydrogen) atoms. The summed E-state index contributed by atoms with van der Waals surface area (Å²) in [6.07, 6.45) is 3.13. The van der Waals surface area contributed by atoms with E-state index in [-0.39, 0.29) is 17.4 Å². The van der Waals surface area contributed by atoms with Crippen molar-refractivity contribution in [3.8, 4) is 22.4 Å². The van der Waals surface area contributed by atoms with Gasteiger partial charge in [-0.05, 0) is 38.6 Å². The molecular weight excluding hydrogens is 497 g/mol. The number of amides is 1. The van der Waals surface area contributed by atoms with Gasteiger partial charge in [-0.1, -0.05) is 13.0 Å². The van der Waals surface area contributed by atoms with Gasteiger partial charge in [-0.2, -0.15) is 0 Å². The number of pyridine rings is 1. The number of rotatable bonds is 6. The summed E-state index contributed by atoms with van der Waals surface area (Å²) in [5.74, 6) is -1.000. The summed E-state index contributed by atoms with van der Waals surface area (Å²) in [5.41, 5.74) is 9.24. The van der Waals surface area contributed by atoms with Crippen molar-refractivity contribution < 1.29 is 17.6 Å². The predicted octanol–water partition coefficient (Wildman–Crippen LogP) is 2.56. The van der Waals surface area contributed by atoms with Crippen LogP contribution in [-0.2, 0) is 16.4 Å². The van der Waals surface area contributed by atoms with E-state index in [1.165, 1.54) is 12.1 Å². The van der Waals surface area contributed by atoms with Crippen molar-refractivity contribution >= 4 is 27.6 Å². The lowest BCUT2D eigenvalue weighted by molar-refractivity contribution is 0.0659. The Morgan fingerprint density at radius 1 is 1.14 bits per heavy atom. The van der Waals surface area contributed by atoms with Crippen LogP contribution in [0.25, 0.3) is 22.4 Å². The van der Waals surface area contributed by atoms with E-state index < -0.39 is 15.8 Å². The number of piperazine rings is 1. The fourth-order valence-corrected chi connectivity index (χ4v) is 4.89. The van der Waals surface area contributed by atoms with Crippen LogP contribution in [0.3, 0.4) is 0 Å². The predicted molar refractivity (Wildman–Crippen MR) is 141 cm³/mol. The number of anilines is 2. The number of nitrogens with one attached hydrogen (secondary N) is 1. The molecule has 1 aliphatic rings. The SMILES string of the molecule is CCc1nc(N)nc(-c2ccc(C(=O)N3CCN(C)CC3)c(F)c2)c1-c1cnc(C)c(NS(C)(=O)=O)c1. The molecule has 1 fully saturated rings. The number of sulfonamides is 1. The Labute approximate surface area is 215 Å². The van der Waals surface area contributed by atoms with Crippen LogP contribution < -0.4 is 10.5 Å². The van der Waals surface area contributed by atoms with E-state index in [0.29, 0.717) is 59.0 Å². The highest BCUT2D eigenvalue weighted by atomic mass is 32.2. The van der Waals surface area contributed by atoms with Crippen LogP contribution in [-0.4, -0.2) is 78.6 Å². The van der Waals surface area contributed by atoms with Crippen molar-refractivity contribution in [2.45, 2.75) is 20.3 Å². The molecule has 0 unspecified atom stereocenters. The van der Waals surface area contributed by atoms with E-state index in [4.69, 9.17) is 5.73 Å². The van der Waals surface area contributed by atoms with Crippen LogP contribution in [0.15, 0.2) is 30.5 Å². The molecule has 0 spiro atoms. The van der Waals surface area contributed by atoms with Gasteiger partial charge in [0.1, 0.15) is 5.82 Å². The van der Waals surface area contributed by atoms with Gasteiger partial charge in [-0.25, -0.2) is 22.8 Å². The molecule has 1 saturated heterocycles. The third-order valence-electron chi connectivity index (χ3n) is 6.27. The summed E-state index contributed by atoms with van der Waals surface area (Å²) in [6, 6.07) is 6.01. The summed E-state index contributed by atoms with van der Waals surface area (Å²) in [4.78, 5) is 29.8. The quantitative estimate of drug-likeness (QED) is 0.500. The van der Waals surface area contributed by atoms with Gasteiger partial charge < -0.3 is 15.5 Å². The van der Waals surface area contributed by atoms with E-state index in [1.54, 1.807) is 30.2 Å². The smallest absolute Gasteiger partial charge is 0.256 e. The number of likely N-dealkylation sites (N-methyl/N-ethyl adjacent to an activating group) is 1. The zero-order chi connectivity index (χ0) is 26.9. The van der Waals surface area contributed by atoms with Crippen molar-refractivity contribution in [2.75, 3.05) is 49.9 Å². The molecule has 3 heterocycles. The minimum absolute atomic E-state index is 0.00997. The van der Waals surface area contributed by atoms with Crippen molar-refractivity contribution in [3.63, 3.8) is 0 Å². The maximum absolute atomic E-state index is 15.3. The summed E-state index contributed by atoms with van der Waals surface area (Å²) >= 11 is 0. The van der Waals surface area contributed by atoms with Gasteiger partial charge in [0.05, 0.1) is 34.6 Å². The number of nitrogens with two attached hydrogens (primary N) is 1. The lowest BCUT2D eigenvalue weighted by Gasteiger charge is -2.32. The molecule has 4 rings (SSSR count). The first-order chi connectivity index (χ1) is 17.5. The number of hydrogen-bond acceptors (Lipinski definition) is 8. The molecule has 1 amide bonds. The summed E-state index contributed by atoms with van der Waals surface area (Å²) in [5, 5.41) is 0.